The summed E-state index contributed by atoms with van der Waals surface area (Å²) >= 11 is 1.79. The molecule has 0 fully saturated rings. The molecule has 0 aliphatic carbocycles. The second-order valence-electron chi connectivity index (χ2n) is 4.01. The molecule has 0 atom stereocenters. The highest BCUT2D eigenvalue weighted by Gasteiger charge is 2.31. The van der Waals surface area contributed by atoms with Crippen molar-refractivity contribution in [1.29, 1.82) is 0 Å². The Balaban J connectivity index is 2.36. The minimum atomic E-state index is -4.75. The van der Waals surface area contributed by atoms with Gasteiger partial charge in [-0.25, -0.2) is 9.78 Å². The molecular weight excluding hydrogens is 404 g/mol. The number of imidazole rings is 1. The Morgan fingerprint density at radius 2 is 1.90 bits per heavy atom. The quantitative estimate of drug-likeness (QED) is 0.787. The molecule has 0 saturated heterocycles. The van der Waals surface area contributed by atoms with Crippen LogP contribution in [0.1, 0.15) is 10.5 Å². The van der Waals surface area contributed by atoms with Gasteiger partial charge in [0.1, 0.15) is 15.3 Å². The summed E-state index contributed by atoms with van der Waals surface area (Å²) in [4.78, 5) is 15.2. The molecule has 1 N–H and O–H groups in total. The molecule has 0 spiro atoms. The molecule has 1 heterocycles. The molecule has 0 unspecified atom stereocenters. The van der Waals surface area contributed by atoms with Gasteiger partial charge in [-0.15, -0.1) is 13.2 Å². The van der Waals surface area contributed by atoms with E-state index < -0.39 is 12.3 Å². The van der Waals surface area contributed by atoms with E-state index in [0.29, 0.717) is 15.1 Å². The highest BCUT2D eigenvalue weighted by Crippen LogP contribution is 2.27. The molecule has 1 aromatic carbocycles. The summed E-state index contributed by atoms with van der Waals surface area (Å²) in [7, 11) is 1.52. The van der Waals surface area contributed by atoms with E-state index in [1.165, 1.54) is 23.7 Å². The number of rotatable bonds is 3. The zero-order valence-corrected chi connectivity index (χ0v) is 12.6. The molecule has 0 radical (unpaired) electrons. The summed E-state index contributed by atoms with van der Waals surface area (Å²) in [5.74, 6) is -1.14. The standard InChI is InChI=1S/C12H8F3IN2O3/c1-18-8(11(19)20)9(16)17-10(18)6-2-4-7(5-3-6)21-12(13,14)15/h2-5H,1H3,(H,19,20). The lowest BCUT2D eigenvalue weighted by Crippen LogP contribution is -2.16. The van der Waals surface area contributed by atoms with Crippen LogP contribution in [0.2, 0.25) is 0 Å². The number of benzene rings is 1. The Morgan fingerprint density at radius 1 is 1.33 bits per heavy atom. The third-order valence-electron chi connectivity index (χ3n) is 2.60. The predicted octanol–water partition coefficient (Wildman–Crippen LogP) is 3.29. The monoisotopic (exact) mass is 412 g/mol. The number of halogens is 4. The lowest BCUT2D eigenvalue weighted by atomic mass is 10.2. The van der Waals surface area contributed by atoms with Crippen LogP contribution < -0.4 is 4.74 Å². The zero-order chi connectivity index (χ0) is 15.8. The summed E-state index contributed by atoms with van der Waals surface area (Å²) in [5.41, 5.74) is 0.499. The van der Waals surface area contributed by atoms with Crippen LogP contribution in [0.4, 0.5) is 13.2 Å². The number of ether oxygens (including phenoxy) is 1. The molecule has 0 aliphatic rings. The van der Waals surface area contributed by atoms with E-state index >= 15 is 0 Å². The van der Waals surface area contributed by atoms with Gasteiger partial charge in [-0.3, -0.25) is 0 Å². The normalized spacial score (nSPS) is 11.5. The Hall–Kier alpha value is -1.78. The first-order valence-electron chi connectivity index (χ1n) is 5.50. The second-order valence-corrected chi connectivity index (χ2v) is 5.03. The van der Waals surface area contributed by atoms with Crippen LogP contribution in [0, 0.1) is 3.70 Å². The average molecular weight is 412 g/mol. The Morgan fingerprint density at radius 3 is 2.33 bits per heavy atom. The van der Waals surface area contributed by atoms with E-state index in [2.05, 4.69) is 9.72 Å². The van der Waals surface area contributed by atoms with E-state index in [4.69, 9.17) is 5.11 Å². The van der Waals surface area contributed by atoms with Gasteiger partial charge >= 0.3 is 12.3 Å². The molecule has 1 aromatic heterocycles. The summed E-state index contributed by atoms with van der Waals surface area (Å²) in [5, 5.41) is 9.07. The maximum Gasteiger partial charge on any atom is 0.573 e. The van der Waals surface area contributed by atoms with Crippen molar-refractivity contribution in [2.75, 3.05) is 0 Å². The van der Waals surface area contributed by atoms with Crippen LogP contribution in [0.5, 0.6) is 5.75 Å². The van der Waals surface area contributed by atoms with E-state index in [-0.39, 0.29) is 11.4 Å². The van der Waals surface area contributed by atoms with Gasteiger partial charge in [-0.1, -0.05) is 0 Å². The van der Waals surface area contributed by atoms with Gasteiger partial charge < -0.3 is 14.4 Å². The van der Waals surface area contributed by atoms with E-state index in [9.17, 15) is 18.0 Å². The number of aromatic carboxylic acids is 1. The lowest BCUT2D eigenvalue weighted by Gasteiger charge is -2.09. The van der Waals surface area contributed by atoms with Crippen molar-refractivity contribution in [2.24, 2.45) is 7.05 Å². The summed E-state index contributed by atoms with van der Waals surface area (Å²) in [6, 6.07) is 5.05. The van der Waals surface area contributed by atoms with E-state index in [1.807, 2.05) is 0 Å². The molecule has 0 saturated carbocycles. The van der Waals surface area contributed by atoms with Crippen molar-refractivity contribution in [3.8, 4) is 17.1 Å². The van der Waals surface area contributed by atoms with Crippen molar-refractivity contribution < 1.29 is 27.8 Å². The van der Waals surface area contributed by atoms with Gasteiger partial charge in [0, 0.05) is 12.6 Å². The molecule has 2 aromatic rings. The van der Waals surface area contributed by atoms with Gasteiger partial charge in [-0.05, 0) is 46.9 Å². The molecule has 0 aliphatic heterocycles. The molecule has 21 heavy (non-hydrogen) atoms. The fourth-order valence-corrected chi connectivity index (χ4v) is 2.58. The molecule has 0 amide bonds. The first-order valence-corrected chi connectivity index (χ1v) is 6.58. The van der Waals surface area contributed by atoms with Crippen molar-refractivity contribution in [3.63, 3.8) is 0 Å². The smallest absolute Gasteiger partial charge is 0.476 e. The summed E-state index contributed by atoms with van der Waals surface area (Å²) in [6.07, 6.45) is -4.75. The third-order valence-corrected chi connectivity index (χ3v) is 3.35. The minimum Gasteiger partial charge on any atom is -0.476 e. The van der Waals surface area contributed by atoms with E-state index in [1.54, 1.807) is 22.6 Å². The first kappa shape index (κ1) is 15.6. The Labute approximate surface area is 130 Å². The number of nitrogens with zero attached hydrogens (tertiary/aromatic N) is 2. The van der Waals surface area contributed by atoms with Crippen LogP contribution in [-0.2, 0) is 7.05 Å². The van der Waals surface area contributed by atoms with Crippen molar-refractivity contribution in [3.05, 3.63) is 33.7 Å². The van der Waals surface area contributed by atoms with Gasteiger partial charge in [0.2, 0.25) is 0 Å². The Kier molecular flexibility index (Phi) is 4.12. The molecular formula is C12H8F3IN2O3. The van der Waals surface area contributed by atoms with Crippen LogP contribution >= 0.6 is 22.6 Å². The molecule has 9 heteroatoms. The molecule has 112 valence electrons. The average Bonchev–Trinajstić information content (AvgIpc) is 2.63. The van der Waals surface area contributed by atoms with Crippen LogP contribution in [0.15, 0.2) is 24.3 Å². The van der Waals surface area contributed by atoms with Crippen LogP contribution in [0.25, 0.3) is 11.4 Å². The van der Waals surface area contributed by atoms with Gasteiger partial charge in [0.25, 0.3) is 0 Å². The number of aromatic nitrogens is 2. The second kappa shape index (κ2) is 5.54. The van der Waals surface area contributed by atoms with Crippen molar-refractivity contribution >= 4 is 28.6 Å². The van der Waals surface area contributed by atoms with Crippen molar-refractivity contribution in [1.82, 2.24) is 9.55 Å². The largest absolute Gasteiger partial charge is 0.573 e. The highest BCUT2D eigenvalue weighted by molar-refractivity contribution is 14.1. The third kappa shape index (κ3) is 3.46. The maximum atomic E-state index is 12.1. The number of alkyl halides is 3. The van der Waals surface area contributed by atoms with Crippen LogP contribution in [-0.4, -0.2) is 27.0 Å². The SMILES string of the molecule is Cn1c(-c2ccc(OC(F)(F)F)cc2)nc(I)c1C(=O)O. The predicted molar refractivity (Wildman–Crippen MR) is 75.0 cm³/mol. The highest BCUT2D eigenvalue weighted by atomic mass is 127. The number of carboxylic acids is 1. The summed E-state index contributed by atoms with van der Waals surface area (Å²) in [6.45, 7) is 0. The number of carboxylic acid groups (broad SMARTS) is 1. The van der Waals surface area contributed by atoms with Gasteiger partial charge in [0.05, 0.1) is 0 Å². The molecule has 0 bridgehead atoms. The fourth-order valence-electron chi connectivity index (χ4n) is 1.76. The zero-order valence-electron chi connectivity index (χ0n) is 10.5. The van der Waals surface area contributed by atoms with Gasteiger partial charge in [0.15, 0.2) is 5.69 Å². The number of hydrogen-bond donors (Lipinski definition) is 1. The fraction of sp³-hybridized carbons (Fsp3) is 0.167. The Bertz CT molecular complexity index is 680. The maximum absolute atomic E-state index is 12.1. The van der Waals surface area contributed by atoms with E-state index in [0.717, 1.165) is 12.1 Å². The molecule has 5 nitrogen and oxygen atoms in total. The number of hydrogen-bond acceptors (Lipinski definition) is 3. The van der Waals surface area contributed by atoms with Gasteiger partial charge in [-0.2, -0.15) is 0 Å². The molecule has 2 rings (SSSR count). The number of carbonyl (C=O) groups is 1. The first-order chi connectivity index (χ1) is 9.69. The summed E-state index contributed by atoms with van der Waals surface area (Å²) < 4.78 is 41.6. The van der Waals surface area contributed by atoms with Crippen molar-refractivity contribution in [2.45, 2.75) is 6.36 Å². The minimum absolute atomic E-state index is 0.0150. The van der Waals surface area contributed by atoms with Crippen LogP contribution in [0.3, 0.4) is 0 Å². The topological polar surface area (TPSA) is 64.4 Å². The lowest BCUT2D eigenvalue weighted by molar-refractivity contribution is -0.274.